The molecule has 2 aliphatic heterocycles. The second kappa shape index (κ2) is 7.57. The molecule has 26 heavy (non-hydrogen) atoms. The van der Waals surface area contributed by atoms with Crippen molar-refractivity contribution in [2.75, 3.05) is 30.6 Å². The summed E-state index contributed by atoms with van der Waals surface area (Å²) in [6.45, 7) is 2.11. The van der Waals surface area contributed by atoms with Crippen molar-refractivity contribution in [2.24, 2.45) is 5.92 Å². The van der Waals surface area contributed by atoms with Crippen LogP contribution in [0.4, 0.5) is 11.6 Å². The fraction of sp³-hybridized carbons (Fsp3) is 0.389. The average Bonchev–Trinajstić information content (AvgIpc) is 3.16. The summed E-state index contributed by atoms with van der Waals surface area (Å²) in [6.07, 6.45) is 1.49. The average molecular weight is 356 g/mol. The predicted molar refractivity (Wildman–Crippen MR) is 94.1 cm³/mol. The summed E-state index contributed by atoms with van der Waals surface area (Å²) in [4.78, 5) is 12.2. The van der Waals surface area contributed by atoms with Crippen molar-refractivity contribution in [2.45, 2.75) is 19.4 Å². The molecular weight excluding hydrogens is 336 g/mol. The van der Waals surface area contributed by atoms with Crippen LogP contribution in [0.15, 0.2) is 30.3 Å². The van der Waals surface area contributed by atoms with Crippen LogP contribution in [0.3, 0.4) is 0 Å². The Morgan fingerprint density at radius 1 is 1.04 bits per heavy atom. The number of carbonyl (C=O) groups excluding carboxylic acids is 1. The maximum atomic E-state index is 12.2. The van der Waals surface area contributed by atoms with Crippen LogP contribution < -0.4 is 20.1 Å². The fourth-order valence-electron chi connectivity index (χ4n) is 2.92. The SMILES string of the molecule is O=C(Nc1ccc(NCc2ccc3c(c2)OCO3)nn1)C1CCOCC1. The zero-order valence-electron chi connectivity index (χ0n) is 14.2. The Labute approximate surface area is 150 Å². The van der Waals surface area contributed by atoms with Gasteiger partial charge in [0.25, 0.3) is 0 Å². The van der Waals surface area contributed by atoms with Gasteiger partial charge in [-0.15, -0.1) is 10.2 Å². The lowest BCUT2D eigenvalue weighted by Crippen LogP contribution is -2.28. The lowest BCUT2D eigenvalue weighted by atomic mass is 9.99. The molecule has 1 saturated heterocycles. The fourth-order valence-corrected chi connectivity index (χ4v) is 2.92. The molecule has 0 saturated carbocycles. The van der Waals surface area contributed by atoms with E-state index in [-0.39, 0.29) is 18.6 Å². The van der Waals surface area contributed by atoms with Crippen LogP contribution in [0.1, 0.15) is 18.4 Å². The molecule has 136 valence electrons. The third-order valence-corrected chi connectivity index (χ3v) is 4.42. The minimum Gasteiger partial charge on any atom is -0.454 e. The minimum absolute atomic E-state index is 0.0191. The van der Waals surface area contributed by atoms with Crippen LogP contribution in [0, 0.1) is 5.92 Å². The summed E-state index contributed by atoms with van der Waals surface area (Å²) in [6, 6.07) is 9.33. The molecule has 2 aliphatic rings. The third kappa shape index (κ3) is 3.85. The Bertz CT molecular complexity index is 775. The molecule has 4 rings (SSSR count). The number of aromatic nitrogens is 2. The van der Waals surface area contributed by atoms with Crippen LogP contribution in [0.2, 0.25) is 0 Å². The number of nitrogens with zero attached hydrogens (tertiary/aromatic N) is 2. The number of hydrogen-bond acceptors (Lipinski definition) is 7. The zero-order chi connectivity index (χ0) is 17.8. The molecule has 0 bridgehead atoms. The van der Waals surface area contributed by atoms with E-state index in [1.807, 2.05) is 18.2 Å². The number of rotatable bonds is 5. The highest BCUT2D eigenvalue weighted by molar-refractivity contribution is 5.91. The van der Waals surface area contributed by atoms with Gasteiger partial charge in [-0.1, -0.05) is 6.07 Å². The van der Waals surface area contributed by atoms with Gasteiger partial charge >= 0.3 is 0 Å². The lowest BCUT2D eigenvalue weighted by Gasteiger charge is -2.20. The van der Waals surface area contributed by atoms with Gasteiger partial charge in [0.05, 0.1) is 0 Å². The van der Waals surface area contributed by atoms with Gasteiger partial charge in [0.1, 0.15) is 5.82 Å². The predicted octanol–water partition coefficient (Wildman–Crippen LogP) is 2.18. The molecule has 1 fully saturated rings. The number of nitrogens with one attached hydrogen (secondary N) is 2. The number of carbonyl (C=O) groups is 1. The first-order chi connectivity index (χ1) is 12.8. The highest BCUT2D eigenvalue weighted by atomic mass is 16.7. The molecular formula is C18H20N4O4. The zero-order valence-corrected chi connectivity index (χ0v) is 14.2. The van der Waals surface area contributed by atoms with Crippen LogP contribution in [0.5, 0.6) is 11.5 Å². The molecule has 0 aliphatic carbocycles. The van der Waals surface area contributed by atoms with Gasteiger partial charge in [0.15, 0.2) is 17.3 Å². The van der Waals surface area contributed by atoms with E-state index in [9.17, 15) is 4.79 Å². The van der Waals surface area contributed by atoms with Gasteiger partial charge in [-0.2, -0.15) is 0 Å². The maximum Gasteiger partial charge on any atom is 0.231 e. The smallest absolute Gasteiger partial charge is 0.231 e. The lowest BCUT2D eigenvalue weighted by molar-refractivity contribution is -0.122. The minimum atomic E-state index is -0.0244. The number of amides is 1. The molecule has 2 aromatic rings. The van der Waals surface area contributed by atoms with E-state index in [0.717, 1.165) is 29.9 Å². The van der Waals surface area contributed by atoms with Crippen molar-refractivity contribution in [1.29, 1.82) is 0 Å². The molecule has 0 atom stereocenters. The van der Waals surface area contributed by atoms with E-state index in [1.165, 1.54) is 0 Å². The Balaban J connectivity index is 1.30. The Morgan fingerprint density at radius 3 is 2.62 bits per heavy atom. The van der Waals surface area contributed by atoms with E-state index >= 15 is 0 Å². The highest BCUT2D eigenvalue weighted by Gasteiger charge is 2.21. The molecule has 1 aromatic heterocycles. The number of hydrogen-bond donors (Lipinski definition) is 2. The number of fused-ring (bicyclic) bond motifs is 1. The van der Waals surface area contributed by atoms with Crippen LogP contribution in [0.25, 0.3) is 0 Å². The number of benzene rings is 1. The van der Waals surface area contributed by atoms with E-state index in [1.54, 1.807) is 12.1 Å². The topological polar surface area (TPSA) is 94.6 Å². The molecule has 2 N–H and O–H groups in total. The van der Waals surface area contributed by atoms with E-state index < -0.39 is 0 Å². The normalized spacial score (nSPS) is 16.3. The van der Waals surface area contributed by atoms with Gasteiger partial charge in [-0.05, 0) is 42.7 Å². The Morgan fingerprint density at radius 2 is 1.81 bits per heavy atom. The Hall–Kier alpha value is -2.87. The van der Waals surface area contributed by atoms with Gasteiger partial charge in [0, 0.05) is 25.7 Å². The van der Waals surface area contributed by atoms with Crippen molar-refractivity contribution in [3.63, 3.8) is 0 Å². The van der Waals surface area contributed by atoms with Crippen molar-refractivity contribution >= 4 is 17.5 Å². The highest BCUT2D eigenvalue weighted by Crippen LogP contribution is 2.32. The first-order valence-corrected chi connectivity index (χ1v) is 8.63. The van der Waals surface area contributed by atoms with Crippen molar-refractivity contribution < 1.29 is 19.0 Å². The monoisotopic (exact) mass is 356 g/mol. The van der Waals surface area contributed by atoms with Crippen LogP contribution >= 0.6 is 0 Å². The molecule has 8 heteroatoms. The van der Waals surface area contributed by atoms with Crippen LogP contribution in [-0.4, -0.2) is 36.1 Å². The Kier molecular flexibility index (Phi) is 4.83. The van der Waals surface area contributed by atoms with Gasteiger partial charge < -0.3 is 24.8 Å². The number of anilines is 2. The summed E-state index contributed by atoms with van der Waals surface area (Å²) >= 11 is 0. The van der Waals surface area contributed by atoms with Gasteiger partial charge in [-0.3, -0.25) is 4.79 Å². The van der Waals surface area contributed by atoms with Gasteiger partial charge in [0.2, 0.25) is 12.7 Å². The van der Waals surface area contributed by atoms with Crippen molar-refractivity contribution in [3.8, 4) is 11.5 Å². The summed E-state index contributed by atoms with van der Waals surface area (Å²) in [5, 5.41) is 14.2. The van der Waals surface area contributed by atoms with Crippen LogP contribution in [-0.2, 0) is 16.1 Å². The molecule has 0 unspecified atom stereocenters. The summed E-state index contributed by atoms with van der Waals surface area (Å²) in [5.74, 6) is 2.56. The number of ether oxygens (including phenoxy) is 3. The largest absolute Gasteiger partial charge is 0.454 e. The first-order valence-electron chi connectivity index (χ1n) is 8.63. The molecule has 1 aromatic carbocycles. The standard InChI is InChI=1S/C18H20N4O4/c23-18(13-5-7-24-8-6-13)20-17-4-3-16(21-22-17)19-10-12-1-2-14-15(9-12)26-11-25-14/h1-4,9,13H,5-8,10-11H2,(H,19,21)(H,20,22,23). The van der Waals surface area contributed by atoms with Gasteiger partial charge in [-0.25, -0.2) is 0 Å². The maximum absolute atomic E-state index is 12.2. The third-order valence-electron chi connectivity index (χ3n) is 4.42. The summed E-state index contributed by atoms with van der Waals surface area (Å²) < 4.78 is 15.9. The van der Waals surface area contributed by atoms with Crippen molar-refractivity contribution in [3.05, 3.63) is 35.9 Å². The second-order valence-corrected chi connectivity index (χ2v) is 6.22. The summed E-state index contributed by atoms with van der Waals surface area (Å²) in [5.41, 5.74) is 1.05. The molecule has 0 spiro atoms. The van der Waals surface area contributed by atoms with E-state index in [2.05, 4.69) is 20.8 Å². The molecule has 3 heterocycles. The van der Waals surface area contributed by atoms with E-state index in [0.29, 0.717) is 31.4 Å². The molecule has 1 amide bonds. The van der Waals surface area contributed by atoms with Crippen molar-refractivity contribution in [1.82, 2.24) is 10.2 Å². The quantitative estimate of drug-likeness (QED) is 0.848. The summed E-state index contributed by atoms with van der Waals surface area (Å²) in [7, 11) is 0. The first kappa shape index (κ1) is 16.6. The molecule has 0 radical (unpaired) electrons. The molecule has 8 nitrogen and oxygen atoms in total. The van der Waals surface area contributed by atoms with E-state index in [4.69, 9.17) is 14.2 Å². The second-order valence-electron chi connectivity index (χ2n) is 6.22.